The smallest absolute Gasteiger partial charge is 0.340 e. The normalized spacial score (nSPS) is 10.2. The van der Waals surface area contributed by atoms with E-state index in [9.17, 15) is 9.59 Å². The molecular formula is C12H10N4O3. The number of nitrogens with two attached hydrogens (primary N) is 1. The van der Waals surface area contributed by atoms with Crippen molar-refractivity contribution in [2.45, 2.75) is 13.3 Å². The first-order valence-corrected chi connectivity index (χ1v) is 5.43. The van der Waals surface area contributed by atoms with E-state index in [2.05, 4.69) is 10.0 Å². The van der Waals surface area contributed by atoms with Gasteiger partial charge in [0.2, 0.25) is 5.91 Å². The molecule has 2 N–H and O–H groups in total. The molecule has 0 unspecified atom stereocenters. The predicted octanol–water partition coefficient (Wildman–Crippen LogP) is 2.07. The fraction of sp³-hybridized carbons (Fsp3) is 0.167. The van der Waals surface area contributed by atoms with Gasteiger partial charge >= 0.3 is 5.63 Å². The van der Waals surface area contributed by atoms with E-state index in [1.807, 2.05) is 0 Å². The van der Waals surface area contributed by atoms with Crippen molar-refractivity contribution in [1.82, 2.24) is 0 Å². The second kappa shape index (κ2) is 4.83. The number of rotatable bonds is 3. The number of hydrogen-bond acceptors (Lipinski definition) is 4. The molecular weight excluding hydrogens is 248 g/mol. The molecule has 2 aromatic rings. The summed E-state index contributed by atoms with van der Waals surface area (Å²) >= 11 is 0. The summed E-state index contributed by atoms with van der Waals surface area (Å²) in [5.41, 5.74) is 14.4. The molecule has 2 rings (SSSR count). The maximum Gasteiger partial charge on any atom is 0.340 e. The van der Waals surface area contributed by atoms with Crippen molar-refractivity contribution < 1.29 is 9.21 Å². The summed E-state index contributed by atoms with van der Waals surface area (Å²) < 4.78 is 5.11. The number of azide groups is 1. The third kappa shape index (κ3) is 2.27. The Balaban J connectivity index is 2.87. The summed E-state index contributed by atoms with van der Waals surface area (Å²) in [6.45, 7) is 1.66. The maximum absolute atomic E-state index is 11.8. The van der Waals surface area contributed by atoms with E-state index in [-0.39, 0.29) is 12.0 Å². The van der Waals surface area contributed by atoms with Gasteiger partial charge in [0, 0.05) is 16.0 Å². The number of amides is 1. The van der Waals surface area contributed by atoms with Gasteiger partial charge in [-0.1, -0.05) is 17.2 Å². The lowest BCUT2D eigenvalue weighted by Crippen LogP contribution is -2.20. The molecule has 0 radical (unpaired) electrons. The Bertz CT molecular complexity index is 772. The van der Waals surface area contributed by atoms with Crippen LogP contribution in [0.4, 0.5) is 5.69 Å². The standard InChI is InChI=1S/C12H10N4O3/c1-6-7(5-10(13)17)12(18)19-9-4-2-3-8(11(6)9)15-16-14/h2-4H,5H2,1H3,(H2,13,17). The average molecular weight is 258 g/mol. The first kappa shape index (κ1) is 12.7. The van der Waals surface area contributed by atoms with E-state index in [1.54, 1.807) is 25.1 Å². The molecule has 1 aromatic heterocycles. The van der Waals surface area contributed by atoms with Crippen LogP contribution in [-0.2, 0) is 11.2 Å². The van der Waals surface area contributed by atoms with Gasteiger partial charge in [-0.3, -0.25) is 4.79 Å². The average Bonchev–Trinajstić information content (AvgIpc) is 2.34. The van der Waals surface area contributed by atoms with Crippen LogP contribution in [0, 0.1) is 6.92 Å². The number of aryl methyl sites for hydroxylation is 1. The third-order valence-corrected chi connectivity index (χ3v) is 2.78. The van der Waals surface area contributed by atoms with Crippen LogP contribution in [0.3, 0.4) is 0 Å². The molecule has 1 amide bonds. The summed E-state index contributed by atoms with van der Waals surface area (Å²) in [6.07, 6.45) is -0.214. The number of nitrogens with zero attached hydrogens (tertiary/aromatic N) is 3. The molecule has 0 spiro atoms. The van der Waals surface area contributed by atoms with Gasteiger partial charge < -0.3 is 10.2 Å². The number of primary amides is 1. The zero-order chi connectivity index (χ0) is 14.0. The first-order valence-electron chi connectivity index (χ1n) is 5.43. The summed E-state index contributed by atoms with van der Waals surface area (Å²) in [6, 6.07) is 4.81. The number of fused-ring (bicyclic) bond motifs is 1. The minimum Gasteiger partial charge on any atom is -0.422 e. The maximum atomic E-state index is 11.8. The third-order valence-electron chi connectivity index (χ3n) is 2.78. The van der Waals surface area contributed by atoms with Gasteiger partial charge in [0.15, 0.2) is 0 Å². The van der Waals surface area contributed by atoms with Crippen molar-refractivity contribution in [1.29, 1.82) is 0 Å². The molecule has 7 nitrogen and oxygen atoms in total. The number of carbonyl (C=O) groups is 1. The Morgan fingerprint density at radius 1 is 1.53 bits per heavy atom. The van der Waals surface area contributed by atoms with E-state index in [0.717, 1.165) is 0 Å². The van der Waals surface area contributed by atoms with Crippen LogP contribution in [0.2, 0.25) is 0 Å². The van der Waals surface area contributed by atoms with Crippen LogP contribution >= 0.6 is 0 Å². The number of carbonyl (C=O) groups excluding carboxylic acids is 1. The van der Waals surface area contributed by atoms with Crippen LogP contribution < -0.4 is 11.4 Å². The lowest BCUT2D eigenvalue weighted by Gasteiger charge is -2.08. The lowest BCUT2D eigenvalue weighted by atomic mass is 10.0. The van der Waals surface area contributed by atoms with Crippen molar-refractivity contribution in [2.24, 2.45) is 10.8 Å². The van der Waals surface area contributed by atoms with Crippen molar-refractivity contribution in [3.8, 4) is 0 Å². The van der Waals surface area contributed by atoms with Crippen molar-refractivity contribution >= 4 is 22.6 Å². The molecule has 19 heavy (non-hydrogen) atoms. The number of hydrogen-bond donors (Lipinski definition) is 1. The largest absolute Gasteiger partial charge is 0.422 e. The molecule has 1 heterocycles. The van der Waals surface area contributed by atoms with Gasteiger partial charge in [0.1, 0.15) is 5.58 Å². The van der Waals surface area contributed by atoms with Crippen LogP contribution in [-0.4, -0.2) is 5.91 Å². The Kier molecular flexibility index (Phi) is 3.22. The van der Waals surface area contributed by atoms with E-state index < -0.39 is 11.5 Å². The molecule has 0 bridgehead atoms. The Hall–Kier alpha value is -2.79. The van der Waals surface area contributed by atoms with Crippen LogP contribution in [0.15, 0.2) is 32.5 Å². The molecule has 0 atom stereocenters. The Labute approximate surface area is 107 Å². The summed E-state index contributed by atoms with van der Waals surface area (Å²) in [5.74, 6) is -0.629. The first-order chi connectivity index (χ1) is 9.04. The van der Waals surface area contributed by atoms with E-state index in [1.165, 1.54) is 0 Å². The lowest BCUT2D eigenvalue weighted by molar-refractivity contribution is -0.117. The fourth-order valence-electron chi connectivity index (χ4n) is 1.96. The van der Waals surface area contributed by atoms with Crippen LogP contribution in [0.5, 0.6) is 0 Å². The van der Waals surface area contributed by atoms with Gasteiger partial charge in [-0.2, -0.15) is 0 Å². The van der Waals surface area contributed by atoms with Gasteiger partial charge in [0.05, 0.1) is 12.0 Å². The molecule has 0 saturated carbocycles. The molecule has 1 aromatic carbocycles. The van der Waals surface area contributed by atoms with E-state index >= 15 is 0 Å². The van der Waals surface area contributed by atoms with Gasteiger partial charge in [-0.05, 0) is 24.1 Å². The highest BCUT2D eigenvalue weighted by molar-refractivity contribution is 5.92. The summed E-state index contributed by atoms with van der Waals surface area (Å²) in [5, 5.41) is 4.06. The monoisotopic (exact) mass is 258 g/mol. The molecule has 7 heteroatoms. The van der Waals surface area contributed by atoms with Crippen molar-refractivity contribution in [3.63, 3.8) is 0 Å². The van der Waals surface area contributed by atoms with Crippen LogP contribution in [0.25, 0.3) is 21.4 Å². The molecule has 96 valence electrons. The Morgan fingerprint density at radius 3 is 2.89 bits per heavy atom. The molecule has 0 aliphatic rings. The quantitative estimate of drug-likeness (QED) is 0.392. The number of benzene rings is 1. The summed E-state index contributed by atoms with van der Waals surface area (Å²) in [7, 11) is 0. The minimum absolute atomic E-state index is 0.181. The summed E-state index contributed by atoms with van der Waals surface area (Å²) in [4.78, 5) is 25.5. The zero-order valence-corrected chi connectivity index (χ0v) is 10.1. The Morgan fingerprint density at radius 2 is 2.26 bits per heavy atom. The van der Waals surface area contributed by atoms with Gasteiger partial charge in [-0.15, -0.1) is 0 Å². The van der Waals surface area contributed by atoms with Gasteiger partial charge in [0.25, 0.3) is 0 Å². The highest BCUT2D eigenvalue weighted by Crippen LogP contribution is 2.29. The highest BCUT2D eigenvalue weighted by atomic mass is 16.4. The second-order valence-electron chi connectivity index (χ2n) is 3.98. The molecule has 0 aliphatic heterocycles. The second-order valence-corrected chi connectivity index (χ2v) is 3.98. The van der Waals surface area contributed by atoms with E-state index in [0.29, 0.717) is 22.2 Å². The van der Waals surface area contributed by atoms with E-state index in [4.69, 9.17) is 15.7 Å². The minimum atomic E-state index is -0.629. The molecule has 0 saturated heterocycles. The highest BCUT2D eigenvalue weighted by Gasteiger charge is 2.15. The molecule has 0 fully saturated rings. The SMILES string of the molecule is Cc1c(CC(N)=O)c(=O)oc2cccc(N=[N+]=[N-])c12. The molecule has 0 aliphatic carbocycles. The van der Waals surface area contributed by atoms with Crippen molar-refractivity contribution in [2.75, 3.05) is 0 Å². The topological polar surface area (TPSA) is 122 Å². The van der Waals surface area contributed by atoms with Gasteiger partial charge in [-0.25, -0.2) is 4.79 Å². The predicted molar refractivity (Wildman–Crippen MR) is 68.9 cm³/mol. The van der Waals surface area contributed by atoms with Crippen molar-refractivity contribution in [3.05, 3.63) is 50.2 Å². The fourth-order valence-corrected chi connectivity index (χ4v) is 1.96. The van der Waals surface area contributed by atoms with Crippen LogP contribution in [0.1, 0.15) is 11.1 Å². The zero-order valence-electron chi connectivity index (χ0n) is 10.1.